The SMILES string of the molecule is CNC(=O)N1CCC(NS(=O)(=O)c2ccc(F)cc2)CC1. The first-order valence-electron chi connectivity index (χ1n) is 6.67. The fourth-order valence-electron chi connectivity index (χ4n) is 2.26. The number of likely N-dealkylation sites (tertiary alicyclic amines) is 1. The third-order valence-corrected chi connectivity index (χ3v) is 4.98. The van der Waals surface area contributed by atoms with Crippen LogP contribution in [0.5, 0.6) is 0 Å². The van der Waals surface area contributed by atoms with Crippen molar-refractivity contribution in [3.8, 4) is 0 Å². The van der Waals surface area contributed by atoms with Crippen molar-refractivity contribution in [1.29, 1.82) is 0 Å². The van der Waals surface area contributed by atoms with Gasteiger partial charge < -0.3 is 10.2 Å². The Labute approximate surface area is 123 Å². The highest BCUT2D eigenvalue weighted by Gasteiger charge is 2.26. The van der Waals surface area contributed by atoms with Crippen LogP contribution in [0, 0.1) is 5.82 Å². The van der Waals surface area contributed by atoms with Gasteiger partial charge in [-0.3, -0.25) is 0 Å². The number of sulfonamides is 1. The van der Waals surface area contributed by atoms with Gasteiger partial charge >= 0.3 is 6.03 Å². The normalized spacial score (nSPS) is 16.8. The van der Waals surface area contributed by atoms with E-state index in [1.165, 1.54) is 12.1 Å². The number of benzene rings is 1. The van der Waals surface area contributed by atoms with Gasteiger partial charge in [-0.25, -0.2) is 22.3 Å². The van der Waals surface area contributed by atoms with Crippen LogP contribution >= 0.6 is 0 Å². The second-order valence-corrected chi connectivity index (χ2v) is 6.61. The van der Waals surface area contributed by atoms with Crippen LogP contribution in [-0.2, 0) is 10.0 Å². The molecule has 0 bridgehead atoms. The Balaban J connectivity index is 1.96. The van der Waals surface area contributed by atoms with Gasteiger partial charge in [0.15, 0.2) is 0 Å². The number of urea groups is 1. The minimum absolute atomic E-state index is 0.0395. The standard InChI is InChI=1S/C13H18FN3O3S/c1-15-13(18)17-8-6-11(7-9-17)16-21(19,20)12-4-2-10(14)3-5-12/h2-5,11,16H,6-9H2,1H3,(H,15,18). The van der Waals surface area contributed by atoms with Gasteiger partial charge in [0.1, 0.15) is 5.82 Å². The number of carbonyl (C=O) groups excluding carboxylic acids is 1. The maximum Gasteiger partial charge on any atom is 0.317 e. The Bertz CT molecular complexity index is 596. The van der Waals surface area contributed by atoms with Gasteiger partial charge in [0.05, 0.1) is 4.90 Å². The molecule has 1 heterocycles. The number of carbonyl (C=O) groups is 1. The molecule has 0 radical (unpaired) electrons. The monoisotopic (exact) mass is 315 g/mol. The summed E-state index contributed by atoms with van der Waals surface area (Å²) in [6.45, 7) is 0.993. The molecule has 2 N–H and O–H groups in total. The third kappa shape index (κ3) is 3.92. The molecule has 0 unspecified atom stereocenters. The molecule has 21 heavy (non-hydrogen) atoms. The molecule has 2 rings (SSSR count). The van der Waals surface area contributed by atoms with Gasteiger partial charge in [0.25, 0.3) is 0 Å². The van der Waals surface area contributed by atoms with E-state index in [1.807, 2.05) is 0 Å². The van der Waals surface area contributed by atoms with Gasteiger partial charge in [-0.1, -0.05) is 0 Å². The van der Waals surface area contributed by atoms with Crippen molar-refractivity contribution in [2.45, 2.75) is 23.8 Å². The van der Waals surface area contributed by atoms with Crippen LogP contribution < -0.4 is 10.0 Å². The Hall–Kier alpha value is -1.67. The molecule has 1 saturated heterocycles. The van der Waals surface area contributed by atoms with Gasteiger partial charge in [0, 0.05) is 26.2 Å². The molecule has 0 atom stereocenters. The fourth-order valence-corrected chi connectivity index (χ4v) is 3.56. The zero-order chi connectivity index (χ0) is 15.5. The topological polar surface area (TPSA) is 78.5 Å². The number of piperidine rings is 1. The lowest BCUT2D eigenvalue weighted by molar-refractivity contribution is 0.182. The summed E-state index contributed by atoms with van der Waals surface area (Å²) in [5, 5.41) is 2.54. The fraction of sp³-hybridized carbons (Fsp3) is 0.462. The Kier molecular flexibility index (Phi) is 4.79. The van der Waals surface area contributed by atoms with E-state index in [0.717, 1.165) is 12.1 Å². The Morgan fingerprint density at radius 1 is 1.24 bits per heavy atom. The highest BCUT2D eigenvalue weighted by molar-refractivity contribution is 7.89. The van der Waals surface area contributed by atoms with Crippen molar-refractivity contribution < 1.29 is 17.6 Å². The smallest absolute Gasteiger partial charge is 0.317 e. The van der Waals surface area contributed by atoms with Gasteiger partial charge in [0.2, 0.25) is 10.0 Å². The van der Waals surface area contributed by atoms with E-state index in [-0.39, 0.29) is 17.0 Å². The van der Waals surface area contributed by atoms with E-state index < -0.39 is 15.8 Å². The zero-order valence-electron chi connectivity index (χ0n) is 11.7. The minimum atomic E-state index is -3.66. The number of rotatable bonds is 3. The molecule has 1 aromatic carbocycles. The molecule has 1 aliphatic heterocycles. The van der Waals surface area contributed by atoms with E-state index in [9.17, 15) is 17.6 Å². The molecular weight excluding hydrogens is 297 g/mol. The average Bonchev–Trinajstić information content (AvgIpc) is 2.47. The van der Waals surface area contributed by atoms with Crippen molar-refractivity contribution in [1.82, 2.24) is 14.9 Å². The van der Waals surface area contributed by atoms with Crippen LogP contribution in [0.4, 0.5) is 9.18 Å². The van der Waals surface area contributed by atoms with Crippen molar-refractivity contribution in [2.24, 2.45) is 0 Å². The largest absolute Gasteiger partial charge is 0.341 e. The van der Waals surface area contributed by atoms with Crippen molar-refractivity contribution >= 4 is 16.1 Å². The predicted octanol–water partition coefficient (Wildman–Crippen LogP) is 0.908. The summed E-state index contributed by atoms with van der Waals surface area (Å²) in [7, 11) is -2.09. The molecule has 0 spiro atoms. The van der Waals surface area contributed by atoms with Crippen LogP contribution in [0.3, 0.4) is 0 Å². The van der Waals surface area contributed by atoms with Crippen LogP contribution in [0.25, 0.3) is 0 Å². The number of amides is 2. The van der Waals surface area contributed by atoms with Gasteiger partial charge in [-0.05, 0) is 37.1 Å². The number of nitrogens with zero attached hydrogens (tertiary/aromatic N) is 1. The van der Waals surface area contributed by atoms with Crippen LogP contribution in [0.1, 0.15) is 12.8 Å². The van der Waals surface area contributed by atoms with Crippen molar-refractivity contribution in [2.75, 3.05) is 20.1 Å². The summed E-state index contributed by atoms with van der Waals surface area (Å²) in [5.74, 6) is -0.479. The molecule has 1 aromatic rings. The minimum Gasteiger partial charge on any atom is -0.341 e. The first-order valence-corrected chi connectivity index (χ1v) is 8.15. The first kappa shape index (κ1) is 15.7. The lowest BCUT2D eigenvalue weighted by Gasteiger charge is -2.31. The summed E-state index contributed by atoms with van der Waals surface area (Å²) >= 11 is 0. The molecule has 8 heteroatoms. The van der Waals surface area contributed by atoms with E-state index in [0.29, 0.717) is 25.9 Å². The number of hydrogen-bond donors (Lipinski definition) is 2. The number of halogens is 1. The molecule has 0 saturated carbocycles. The second kappa shape index (κ2) is 6.40. The second-order valence-electron chi connectivity index (χ2n) is 4.89. The summed E-state index contributed by atoms with van der Waals surface area (Å²) in [6.07, 6.45) is 1.10. The maximum absolute atomic E-state index is 12.8. The third-order valence-electron chi connectivity index (χ3n) is 3.44. The predicted molar refractivity (Wildman–Crippen MR) is 75.8 cm³/mol. The molecule has 2 amide bonds. The lowest BCUT2D eigenvalue weighted by atomic mass is 10.1. The van der Waals surface area contributed by atoms with Gasteiger partial charge in [-0.15, -0.1) is 0 Å². The zero-order valence-corrected chi connectivity index (χ0v) is 12.5. The number of hydrogen-bond acceptors (Lipinski definition) is 3. The van der Waals surface area contributed by atoms with E-state index >= 15 is 0 Å². The summed E-state index contributed by atoms with van der Waals surface area (Å²) in [4.78, 5) is 13.1. The molecule has 6 nitrogen and oxygen atoms in total. The van der Waals surface area contributed by atoms with E-state index in [4.69, 9.17) is 0 Å². The lowest BCUT2D eigenvalue weighted by Crippen LogP contribution is -2.48. The molecule has 0 aliphatic carbocycles. The van der Waals surface area contributed by atoms with E-state index in [1.54, 1.807) is 11.9 Å². The first-order chi connectivity index (χ1) is 9.92. The highest BCUT2D eigenvalue weighted by atomic mass is 32.2. The Morgan fingerprint density at radius 2 is 1.81 bits per heavy atom. The summed E-state index contributed by atoms with van der Waals surface area (Å²) in [5.41, 5.74) is 0. The maximum atomic E-state index is 12.8. The number of nitrogens with one attached hydrogen (secondary N) is 2. The van der Waals surface area contributed by atoms with Crippen LogP contribution in [-0.4, -0.2) is 45.5 Å². The molecule has 0 aromatic heterocycles. The molecule has 116 valence electrons. The van der Waals surface area contributed by atoms with Crippen LogP contribution in [0.2, 0.25) is 0 Å². The van der Waals surface area contributed by atoms with Crippen molar-refractivity contribution in [3.05, 3.63) is 30.1 Å². The highest BCUT2D eigenvalue weighted by Crippen LogP contribution is 2.15. The van der Waals surface area contributed by atoms with Crippen molar-refractivity contribution in [3.63, 3.8) is 0 Å². The molecule has 1 fully saturated rings. The van der Waals surface area contributed by atoms with Gasteiger partial charge in [-0.2, -0.15) is 0 Å². The molecule has 1 aliphatic rings. The summed E-state index contributed by atoms with van der Waals surface area (Å²) in [6, 6.07) is 4.32. The Morgan fingerprint density at radius 3 is 2.33 bits per heavy atom. The quantitative estimate of drug-likeness (QED) is 0.870. The molecular formula is C13H18FN3O3S. The van der Waals surface area contributed by atoms with Crippen LogP contribution in [0.15, 0.2) is 29.2 Å². The van der Waals surface area contributed by atoms with E-state index in [2.05, 4.69) is 10.0 Å². The summed E-state index contributed by atoms with van der Waals surface area (Å²) < 4.78 is 39.7. The average molecular weight is 315 g/mol.